The Balaban J connectivity index is 1.68. The van der Waals surface area contributed by atoms with Gasteiger partial charge in [0.25, 0.3) is 0 Å². The minimum absolute atomic E-state index is 0.521. The fourth-order valence-electron chi connectivity index (χ4n) is 2.69. The predicted octanol–water partition coefficient (Wildman–Crippen LogP) is 3.68. The Morgan fingerprint density at radius 1 is 1.21 bits per heavy atom. The van der Waals surface area contributed by atoms with Crippen molar-refractivity contribution in [2.75, 3.05) is 12.3 Å². The molecule has 3 N–H and O–H groups in total. The van der Waals surface area contributed by atoms with Crippen LogP contribution in [0.5, 0.6) is 0 Å². The lowest BCUT2D eigenvalue weighted by Crippen LogP contribution is -2.29. The molecule has 104 valence electrons. The summed E-state index contributed by atoms with van der Waals surface area (Å²) in [5.41, 5.74) is 9.54. The van der Waals surface area contributed by atoms with E-state index in [2.05, 4.69) is 30.4 Å². The first-order valence-corrected chi connectivity index (χ1v) is 7.50. The molecule has 1 atom stereocenters. The monoisotopic (exact) mass is 258 g/mol. The van der Waals surface area contributed by atoms with E-state index in [0.717, 1.165) is 18.7 Å². The van der Waals surface area contributed by atoms with E-state index in [-0.39, 0.29) is 0 Å². The second-order valence-corrected chi connectivity index (χ2v) is 5.66. The van der Waals surface area contributed by atoms with E-state index in [9.17, 15) is 0 Å². The summed E-state index contributed by atoms with van der Waals surface area (Å²) in [7, 11) is 0. The molecule has 19 heavy (non-hydrogen) atoms. The van der Waals surface area contributed by atoms with Crippen LogP contribution in [0.15, 0.2) is 35.9 Å². The molecule has 0 saturated heterocycles. The number of nitrogens with one attached hydrogen (secondary N) is 1. The van der Waals surface area contributed by atoms with Crippen molar-refractivity contribution in [1.29, 1.82) is 0 Å². The molecule has 2 heteroatoms. The van der Waals surface area contributed by atoms with Gasteiger partial charge < -0.3 is 11.1 Å². The quantitative estimate of drug-likeness (QED) is 0.603. The maximum Gasteiger partial charge on any atom is 0.0314 e. The van der Waals surface area contributed by atoms with Crippen LogP contribution in [0.1, 0.15) is 44.6 Å². The Bertz CT molecular complexity index is 406. The summed E-state index contributed by atoms with van der Waals surface area (Å²) in [5.74, 6) is 0. The molecule has 0 heterocycles. The van der Waals surface area contributed by atoms with E-state index < -0.39 is 0 Å². The number of rotatable bonds is 6. The normalized spacial score (nSPS) is 17.0. The molecule has 0 saturated carbocycles. The SMILES string of the molecule is CC(Cc1ccc(N)cc1)NCCC1=CCCCC1. The van der Waals surface area contributed by atoms with Crippen LogP contribution in [-0.2, 0) is 6.42 Å². The van der Waals surface area contributed by atoms with Crippen LogP contribution in [0.2, 0.25) is 0 Å². The number of allylic oxidation sites excluding steroid dienone is 1. The summed E-state index contributed by atoms with van der Waals surface area (Å²) in [4.78, 5) is 0. The molecule has 1 aliphatic carbocycles. The van der Waals surface area contributed by atoms with Gasteiger partial charge in [0.05, 0.1) is 0 Å². The zero-order chi connectivity index (χ0) is 13.5. The van der Waals surface area contributed by atoms with Crippen molar-refractivity contribution in [3.05, 3.63) is 41.5 Å². The topological polar surface area (TPSA) is 38.0 Å². The number of hydrogen-bond acceptors (Lipinski definition) is 2. The molecular weight excluding hydrogens is 232 g/mol. The summed E-state index contributed by atoms with van der Waals surface area (Å²) in [5, 5.41) is 3.62. The Hall–Kier alpha value is -1.28. The van der Waals surface area contributed by atoms with Crippen molar-refractivity contribution in [1.82, 2.24) is 5.32 Å². The zero-order valence-corrected chi connectivity index (χ0v) is 12.0. The third-order valence-electron chi connectivity index (χ3n) is 3.85. The molecule has 1 unspecified atom stereocenters. The summed E-state index contributed by atoms with van der Waals surface area (Å²) >= 11 is 0. The van der Waals surface area contributed by atoms with E-state index in [1.807, 2.05) is 12.1 Å². The molecule has 2 rings (SSSR count). The Morgan fingerprint density at radius 2 is 2.00 bits per heavy atom. The third-order valence-corrected chi connectivity index (χ3v) is 3.85. The molecule has 2 nitrogen and oxygen atoms in total. The standard InChI is InChI=1S/C17H26N2/c1-14(13-16-7-9-17(18)10-8-16)19-12-11-15-5-3-2-4-6-15/h5,7-10,14,19H,2-4,6,11-13,18H2,1H3. The van der Waals surface area contributed by atoms with Crippen molar-refractivity contribution in [3.8, 4) is 0 Å². The minimum Gasteiger partial charge on any atom is -0.399 e. The van der Waals surface area contributed by atoms with Crippen molar-refractivity contribution in [3.63, 3.8) is 0 Å². The number of benzene rings is 1. The summed E-state index contributed by atoms with van der Waals surface area (Å²) in [6.07, 6.45) is 10.1. The molecular formula is C17H26N2. The van der Waals surface area contributed by atoms with Gasteiger partial charge in [-0.05, 0) is 69.7 Å². The lowest BCUT2D eigenvalue weighted by Gasteiger charge is -2.16. The first kappa shape index (κ1) is 14.1. The highest BCUT2D eigenvalue weighted by molar-refractivity contribution is 5.39. The molecule has 0 aromatic heterocycles. The van der Waals surface area contributed by atoms with Crippen molar-refractivity contribution in [2.45, 2.75) is 51.5 Å². The number of nitrogen functional groups attached to an aromatic ring is 1. The van der Waals surface area contributed by atoms with Crippen LogP contribution in [0, 0.1) is 0 Å². The molecule has 1 aromatic carbocycles. The van der Waals surface area contributed by atoms with E-state index in [1.165, 1.54) is 37.7 Å². The van der Waals surface area contributed by atoms with Gasteiger partial charge in [0, 0.05) is 11.7 Å². The van der Waals surface area contributed by atoms with Gasteiger partial charge in [-0.2, -0.15) is 0 Å². The van der Waals surface area contributed by atoms with Gasteiger partial charge >= 0.3 is 0 Å². The Labute approximate surface area is 117 Å². The van der Waals surface area contributed by atoms with Gasteiger partial charge in [0.1, 0.15) is 0 Å². The second-order valence-electron chi connectivity index (χ2n) is 5.66. The lowest BCUT2D eigenvalue weighted by atomic mass is 9.97. The average Bonchev–Trinajstić information content (AvgIpc) is 2.43. The molecule has 0 fully saturated rings. The lowest BCUT2D eigenvalue weighted by molar-refractivity contribution is 0.539. The summed E-state index contributed by atoms with van der Waals surface area (Å²) < 4.78 is 0. The average molecular weight is 258 g/mol. The fraction of sp³-hybridized carbons (Fsp3) is 0.529. The summed E-state index contributed by atoms with van der Waals surface area (Å²) in [6, 6.07) is 8.73. The summed E-state index contributed by atoms with van der Waals surface area (Å²) in [6.45, 7) is 3.35. The van der Waals surface area contributed by atoms with Gasteiger partial charge in [0.2, 0.25) is 0 Å². The largest absolute Gasteiger partial charge is 0.399 e. The molecule has 0 radical (unpaired) electrons. The molecule has 0 aliphatic heterocycles. The zero-order valence-electron chi connectivity index (χ0n) is 12.0. The predicted molar refractivity (Wildman–Crippen MR) is 83.2 cm³/mol. The Kier molecular flexibility index (Phi) is 5.46. The maximum atomic E-state index is 5.70. The highest BCUT2D eigenvalue weighted by Crippen LogP contribution is 2.19. The van der Waals surface area contributed by atoms with Gasteiger partial charge in [-0.3, -0.25) is 0 Å². The Morgan fingerprint density at radius 3 is 2.68 bits per heavy atom. The van der Waals surface area contributed by atoms with Crippen LogP contribution in [-0.4, -0.2) is 12.6 Å². The second kappa shape index (κ2) is 7.34. The first-order valence-electron chi connectivity index (χ1n) is 7.50. The van der Waals surface area contributed by atoms with Gasteiger partial charge in [0.15, 0.2) is 0 Å². The van der Waals surface area contributed by atoms with E-state index in [1.54, 1.807) is 5.57 Å². The van der Waals surface area contributed by atoms with Crippen molar-refractivity contribution in [2.24, 2.45) is 0 Å². The molecule has 0 spiro atoms. The smallest absolute Gasteiger partial charge is 0.0314 e. The van der Waals surface area contributed by atoms with Crippen LogP contribution in [0.25, 0.3) is 0 Å². The molecule has 0 amide bonds. The highest BCUT2D eigenvalue weighted by Gasteiger charge is 2.06. The molecule has 0 bridgehead atoms. The maximum absolute atomic E-state index is 5.70. The van der Waals surface area contributed by atoms with Crippen LogP contribution in [0.4, 0.5) is 5.69 Å². The van der Waals surface area contributed by atoms with Gasteiger partial charge in [-0.15, -0.1) is 0 Å². The van der Waals surface area contributed by atoms with E-state index in [4.69, 9.17) is 5.73 Å². The van der Waals surface area contributed by atoms with Gasteiger partial charge in [-0.25, -0.2) is 0 Å². The van der Waals surface area contributed by atoms with Crippen LogP contribution in [0.3, 0.4) is 0 Å². The third kappa shape index (κ3) is 5.07. The molecule has 1 aliphatic rings. The van der Waals surface area contributed by atoms with Gasteiger partial charge in [-0.1, -0.05) is 23.8 Å². The van der Waals surface area contributed by atoms with Crippen molar-refractivity contribution >= 4 is 5.69 Å². The van der Waals surface area contributed by atoms with Crippen LogP contribution >= 0.6 is 0 Å². The van der Waals surface area contributed by atoms with Crippen molar-refractivity contribution < 1.29 is 0 Å². The van der Waals surface area contributed by atoms with E-state index in [0.29, 0.717) is 6.04 Å². The first-order chi connectivity index (χ1) is 9.24. The minimum atomic E-state index is 0.521. The fourth-order valence-corrected chi connectivity index (χ4v) is 2.69. The number of anilines is 1. The highest BCUT2D eigenvalue weighted by atomic mass is 14.9. The number of hydrogen-bond donors (Lipinski definition) is 2. The number of nitrogens with two attached hydrogens (primary N) is 1. The molecule has 1 aromatic rings. The van der Waals surface area contributed by atoms with Crippen LogP contribution < -0.4 is 11.1 Å². The van der Waals surface area contributed by atoms with E-state index >= 15 is 0 Å².